The van der Waals surface area contributed by atoms with E-state index in [0.717, 1.165) is 73.9 Å². The predicted octanol–water partition coefficient (Wildman–Crippen LogP) is 4.43. The number of unbranched alkanes of at least 4 members (excludes halogenated alkanes) is 4. The summed E-state index contributed by atoms with van der Waals surface area (Å²) in [5.74, 6) is 1.66. The second-order valence-corrected chi connectivity index (χ2v) is 9.25. The molecular formula is C28H39N5. The molecule has 0 amide bonds. The van der Waals surface area contributed by atoms with E-state index in [1.165, 1.54) is 42.0 Å². The van der Waals surface area contributed by atoms with E-state index >= 15 is 0 Å². The average molecular weight is 446 g/mol. The molecule has 0 saturated heterocycles. The van der Waals surface area contributed by atoms with Crippen LogP contribution in [-0.2, 0) is 19.5 Å². The number of rotatable bonds is 12. The molecule has 0 radical (unpaired) electrons. The number of nitrogen functional groups attached to an aromatic ring is 1. The predicted molar refractivity (Wildman–Crippen MR) is 139 cm³/mol. The number of nitrogens with two attached hydrogens (primary N) is 1. The second kappa shape index (κ2) is 11.5. The van der Waals surface area contributed by atoms with Gasteiger partial charge in [-0.3, -0.25) is 0 Å². The van der Waals surface area contributed by atoms with Crippen molar-refractivity contribution in [2.75, 3.05) is 12.3 Å². The fourth-order valence-electron chi connectivity index (χ4n) is 4.67. The Hall–Kier alpha value is -2.66. The lowest BCUT2D eigenvalue weighted by molar-refractivity contribution is 0.598. The minimum atomic E-state index is 0.548. The van der Waals surface area contributed by atoms with Gasteiger partial charge in [-0.05, 0) is 43.4 Å². The van der Waals surface area contributed by atoms with Crippen molar-refractivity contribution in [3.05, 3.63) is 51.8 Å². The van der Waals surface area contributed by atoms with E-state index in [9.17, 15) is 0 Å². The number of pyridine rings is 1. The van der Waals surface area contributed by atoms with E-state index in [-0.39, 0.29) is 0 Å². The summed E-state index contributed by atoms with van der Waals surface area (Å²) in [6.45, 7) is 7.32. The molecule has 5 heteroatoms. The molecule has 1 aliphatic rings. The summed E-state index contributed by atoms with van der Waals surface area (Å²) in [6.07, 6.45) is 15.0. The van der Waals surface area contributed by atoms with Crippen LogP contribution in [0.4, 0.5) is 5.82 Å². The van der Waals surface area contributed by atoms with Gasteiger partial charge in [0.1, 0.15) is 11.3 Å². The van der Waals surface area contributed by atoms with Crippen molar-refractivity contribution in [1.29, 1.82) is 0 Å². The highest BCUT2D eigenvalue weighted by molar-refractivity contribution is 5.86. The fraction of sp³-hybridized carbons (Fsp3) is 0.500. The Morgan fingerprint density at radius 2 is 1.67 bits per heavy atom. The highest BCUT2D eigenvalue weighted by Gasteiger charge is 2.17. The molecule has 4 rings (SSSR count). The quantitative estimate of drug-likeness (QED) is 0.405. The number of hydrogen-bond donors (Lipinski definition) is 2. The molecule has 33 heavy (non-hydrogen) atoms. The summed E-state index contributed by atoms with van der Waals surface area (Å²) < 4.78 is 2.39. The molecule has 0 unspecified atom stereocenters. The van der Waals surface area contributed by atoms with Crippen molar-refractivity contribution in [2.45, 2.75) is 84.7 Å². The lowest BCUT2D eigenvalue weighted by Crippen LogP contribution is -2.33. The molecule has 3 N–H and O–H groups in total. The zero-order valence-electron chi connectivity index (χ0n) is 20.4. The third kappa shape index (κ3) is 5.64. The van der Waals surface area contributed by atoms with Crippen LogP contribution in [-0.4, -0.2) is 21.1 Å². The summed E-state index contributed by atoms with van der Waals surface area (Å²) in [7, 11) is 0. The first-order chi connectivity index (χ1) is 16.2. The number of aryl methyl sites for hydroxylation is 1. The molecule has 1 aliphatic carbocycles. The Labute approximate surface area is 197 Å². The standard InChI is InChI=1S/C28H39N5/c1-3-5-7-10-18-30-19-21-14-16-22(17-15-21)20-33-25(13-6-4-2)32-26-27(33)23-11-8-9-12-24(23)31-28(26)29/h11-12,14-17,30H,3-10,13,18-20H2,1-2H3,(H2,29,31). The zero-order chi connectivity index (χ0) is 23.0. The van der Waals surface area contributed by atoms with Gasteiger partial charge in [0.2, 0.25) is 0 Å². The van der Waals surface area contributed by atoms with Crippen LogP contribution in [0.1, 0.15) is 82.2 Å². The van der Waals surface area contributed by atoms with Crippen LogP contribution in [0.5, 0.6) is 0 Å². The van der Waals surface area contributed by atoms with Crippen LogP contribution >= 0.6 is 0 Å². The molecule has 0 fully saturated rings. The maximum absolute atomic E-state index is 6.36. The number of hydrogen-bond acceptors (Lipinski definition) is 4. The number of nitrogens with zero attached hydrogens (tertiary/aromatic N) is 3. The Morgan fingerprint density at radius 3 is 2.45 bits per heavy atom. The summed E-state index contributed by atoms with van der Waals surface area (Å²) in [6, 6.07) is 9.03. The Balaban J connectivity index is 1.57. The maximum Gasteiger partial charge on any atom is 0.152 e. The van der Waals surface area contributed by atoms with Gasteiger partial charge in [0, 0.05) is 24.7 Å². The van der Waals surface area contributed by atoms with E-state index in [4.69, 9.17) is 10.7 Å². The molecule has 0 aliphatic heterocycles. The number of imidazole rings is 1. The van der Waals surface area contributed by atoms with Crippen LogP contribution in [0.15, 0.2) is 24.3 Å². The molecular weight excluding hydrogens is 406 g/mol. The lowest BCUT2D eigenvalue weighted by Gasteiger charge is -2.12. The molecule has 0 atom stereocenters. The van der Waals surface area contributed by atoms with Gasteiger partial charge in [0.15, 0.2) is 5.82 Å². The highest BCUT2D eigenvalue weighted by Crippen LogP contribution is 2.20. The monoisotopic (exact) mass is 445 g/mol. The summed E-state index contributed by atoms with van der Waals surface area (Å²) in [4.78, 5) is 9.63. The van der Waals surface area contributed by atoms with E-state index < -0.39 is 0 Å². The van der Waals surface area contributed by atoms with Crippen molar-refractivity contribution < 1.29 is 0 Å². The minimum absolute atomic E-state index is 0.548. The molecule has 5 nitrogen and oxygen atoms in total. The van der Waals surface area contributed by atoms with Gasteiger partial charge in [-0.25, -0.2) is 9.97 Å². The third-order valence-corrected chi connectivity index (χ3v) is 6.57. The van der Waals surface area contributed by atoms with Gasteiger partial charge in [-0.1, -0.05) is 75.9 Å². The van der Waals surface area contributed by atoms with E-state index in [1.54, 1.807) is 0 Å². The molecule has 0 saturated carbocycles. The van der Waals surface area contributed by atoms with Crippen molar-refractivity contribution >= 4 is 29.0 Å². The third-order valence-electron chi connectivity index (χ3n) is 6.57. The summed E-state index contributed by atoms with van der Waals surface area (Å²) in [5, 5.41) is 5.79. The topological polar surface area (TPSA) is 68.8 Å². The van der Waals surface area contributed by atoms with Gasteiger partial charge in [-0.2, -0.15) is 0 Å². The van der Waals surface area contributed by atoms with Gasteiger partial charge in [0.25, 0.3) is 0 Å². The normalized spacial score (nSPS) is 13.0. The largest absolute Gasteiger partial charge is 0.382 e. The van der Waals surface area contributed by atoms with Crippen molar-refractivity contribution in [3.8, 4) is 0 Å². The molecule has 176 valence electrons. The van der Waals surface area contributed by atoms with Crippen LogP contribution in [0.3, 0.4) is 0 Å². The van der Waals surface area contributed by atoms with Crippen LogP contribution in [0, 0.1) is 0 Å². The Kier molecular flexibility index (Phi) is 8.16. The molecule has 0 spiro atoms. The lowest BCUT2D eigenvalue weighted by atomic mass is 10.1. The number of anilines is 1. The summed E-state index contributed by atoms with van der Waals surface area (Å²) in [5.41, 5.74) is 11.0. The van der Waals surface area contributed by atoms with Crippen molar-refractivity contribution in [3.63, 3.8) is 0 Å². The first-order valence-corrected chi connectivity index (χ1v) is 12.8. The zero-order valence-corrected chi connectivity index (χ0v) is 20.4. The van der Waals surface area contributed by atoms with Gasteiger partial charge >= 0.3 is 0 Å². The molecule has 2 aromatic heterocycles. The SMILES string of the molecule is CCCCCCNCc1ccc(Cn2c(CCCC)nc3c(N)nc4c(c32)=CCCC=4)cc1. The first-order valence-electron chi connectivity index (χ1n) is 12.8. The Morgan fingerprint density at radius 1 is 0.909 bits per heavy atom. The van der Waals surface area contributed by atoms with Crippen molar-refractivity contribution in [1.82, 2.24) is 19.9 Å². The van der Waals surface area contributed by atoms with Gasteiger partial charge in [0.05, 0.1) is 10.9 Å². The van der Waals surface area contributed by atoms with Crippen LogP contribution in [0.2, 0.25) is 0 Å². The smallest absolute Gasteiger partial charge is 0.152 e. The number of nitrogens with one attached hydrogen (secondary N) is 1. The molecule has 0 bridgehead atoms. The highest BCUT2D eigenvalue weighted by atomic mass is 15.1. The van der Waals surface area contributed by atoms with Gasteiger partial charge < -0.3 is 15.6 Å². The number of fused-ring (bicyclic) bond motifs is 3. The fourth-order valence-corrected chi connectivity index (χ4v) is 4.67. The van der Waals surface area contributed by atoms with Crippen molar-refractivity contribution in [2.24, 2.45) is 0 Å². The van der Waals surface area contributed by atoms with E-state index in [2.05, 4.69) is 65.1 Å². The minimum Gasteiger partial charge on any atom is -0.382 e. The van der Waals surface area contributed by atoms with Crippen LogP contribution in [0.25, 0.3) is 23.2 Å². The number of benzene rings is 1. The van der Waals surface area contributed by atoms with E-state index in [0.29, 0.717) is 5.82 Å². The summed E-state index contributed by atoms with van der Waals surface area (Å²) >= 11 is 0. The first kappa shape index (κ1) is 23.5. The Bertz CT molecular complexity index is 1170. The number of aromatic nitrogens is 3. The molecule has 3 aromatic rings. The molecule has 1 aromatic carbocycles. The van der Waals surface area contributed by atoms with Crippen LogP contribution < -0.4 is 21.6 Å². The van der Waals surface area contributed by atoms with Gasteiger partial charge in [-0.15, -0.1) is 0 Å². The maximum atomic E-state index is 6.36. The average Bonchev–Trinajstić information content (AvgIpc) is 3.20. The van der Waals surface area contributed by atoms with E-state index in [1.807, 2.05) is 0 Å². The second-order valence-electron chi connectivity index (χ2n) is 9.25. The molecule has 2 heterocycles.